The number of aromatic hydroxyl groups is 1. The summed E-state index contributed by atoms with van der Waals surface area (Å²) in [5.74, 6) is -0.894. The fourth-order valence-corrected chi connectivity index (χ4v) is 4.00. The molecule has 1 amide bonds. The number of nitrogens with zero attached hydrogens (tertiary/aromatic N) is 1. The van der Waals surface area contributed by atoms with E-state index in [4.69, 9.17) is 27.9 Å². The normalized spacial score (nSPS) is 11.1. The van der Waals surface area contributed by atoms with Crippen molar-refractivity contribution in [1.82, 2.24) is 4.98 Å². The minimum atomic E-state index is -4.02. The van der Waals surface area contributed by atoms with E-state index in [0.29, 0.717) is 11.6 Å². The van der Waals surface area contributed by atoms with Gasteiger partial charge in [-0.15, -0.1) is 0 Å². The number of hydrogen-bond acceptors (Lipinski definition) is 6. The number of phenolic OH excluding ortho intramolecular Hbond substituents is 1. The van der Waals surface area contributed by atoms with Crippen LogP contribution in [0.15, 0.2) is 59.5 Å². The number of hydrogen-bond donors (Lipinski definition) is 3. The lowest BCUT2D eigenvalue weighted by Gasteiger charge is -2.12. The van der Waals surface area contributed by atoms with Crippen molar-refractivity contribution in [3.05, 3.63) is 70.3 Å². The summed E-state index contributed by atoms with van der Waals surface area (Å²) in [5.41, 5.74) is -0.0224. The summed E-state index contributed by atoms with van der Waals surface area (Å²) < 4.78 is 33.0. The Balaban J connectivity index is 1.87. The SMILES string of the molecule is CCOc1ccc(Cl)c(C(=O)Nc2cc(S(=O)(=O)Nc3cccc(Cl)c3)ccc2O)n1. The number of ether oxygens (including phenoxy) is 1. The number of phenols is 1. The summed E-state index contributed by atoms with van der Waals surface area (Å²) in [6.45, 7) is 2.10. The van der Waals surface area contributed by atoms with Crippen molar-refractivity contribution in [2.75, 3.05) is 16.6 Å². The molecule has 1 heterocycles. The third kappa shape index (κ3) is 5.57. The molecule has 0 atom stereocenters. The van der Waals surface area contributed by atoms with E-state index in [2.05, 4.69) is 15.0 Å². The Morgan fingerprint density at radius 2 is 1.90 bits per heavy atom. The molecule has 0 spiro atoms. The number of benzene rings is 2. The maximum Gasteiger partial charge on any atom is 0.276 e. The molecular formula is C20H17Cl2N3O5S. The van der Waals surface area contributed by atoms with Crippen LogP contribution in [0.3, 0.4) is 0 Å². The summed E-state index contributed by atoms with van der Waals surface area (Å²) in [6.07, 6.45) is 0. The average molecular weight is 482 g/mol. The largest absolute Gasteiger partial charge is 0.506 e. The van der Waals surface area contributed by atoms with Gasteiger partial charge in [0, 0.05) is 11.1 Å². The number of carbonyl (C=O) groups excluding carboxylic acids is 1. The van der Waals surface area contributed by atoms with Crippen LogP contribution in [0.25, 0.3) is 0 Å². The van der Waals surface area contributed by atoms with Gasteiger partial charge in [0.05, 0.1) is 27.9 Å². The molecule has 11 heteroatoms. The average Bonchev–Trinajstić information content (AvgIpc) is 2.70. The van der Waals surface area contributed by atoms with Gasteiger partial charge in [0.2, 0.25) is 5.88 Å². The van der Waals surface area contributed by atoms with Crippen LogP contribution in [0.4, 0.5) is 11.4 Å². The summed E-state index contributed by atoms with van der Waals surface area (Å²) in [6, 6.07) is 12.6. The van der Waals surface area contributed by atoms with Crippen molar-refractivity contribution in [3.8, 4) is 11.6 Å². The van der Waals surface area contributed by atoms with E-state index in [0.717, 1.165) is 12.1 Å². The van der Waals surface area contributed by atoms with E-state index in [1.807, 2.05) is 0 Å². The summed E-state index contributed by atoms with van der Waals surface area (Å²) in [7, 11) is -4.02. The Bertz CT molecular complexity index is 1240. The molecule has 2 aromatic carbocycles. The Labute approximate surface area is 188 Å². The number of aromatic nitrogens is 1. The zero-order chi connectivity index (χ0) is 22.6. The highest BCUT2D eigenvalue weighted by Gasteiger charge is 2.20. The van der Waals surface area contributed by atoms with Gasteiger partial charge in [-0.25, -0.2) is 13.4 Å². The maximum atomic E-state index is 12.7. The van der Waals surface area contributed by atoms with Gasteiger partial charge in [-0.05, 0) is 49.4 Å². The number of carbonyl (C=O) groups is 1. The van der Waals surface area contributed by atoms with Crippen molar-refractivity contribution in [2.24, 2.45) is 0 Å². The zero-order valence-corrected chi connectivity index (χ0v) is 18.4. The number of sulfonamides is 1. The monoisotopic (exact) mass is 481 g/mol. The lowest BCUT2D eigenvalue weighted by molar-refractivity contribution is 0.102. The minimum Gasteiger partial charge on any atom is -0.506 e. The predicted octanol–water partition coefficient (Wildman–Crippen LogP) is 4.55. The molecular weight excluding hydrogens is 465 g/mol. The van der Waals surface area contributed by atoms with Crippen molar-refractivity contribution >= 4 is 50.5 Å². The van der Waals surface area contributed by atoms with Crippen molar-refractivity contribution in [3.63, 3.8) is 0 Å². The van der Waals surface area contributed by atoms with Crippen LogP contribution in [0, 0.1) is 0 Å². The van der Waals surface area contributed by atoms with Gasteiger partial charge < -0.3 is 15.2 Å². The molecule has 162 valence electrons. The highest BCUT2D eigenvalue weighted by atomic mass is 35.5. The molecule has 31 heavy (non-hydrogen) atoms. The van der Waals surface area contributed by atoms with Crippen LogP contribution >= 0.6 is 23.2 Å². The van der Waals surface area contributed by atoms with Gasteiger partial charge in [-0.1, -0.05) is 29.3 Å². The first kappa shape index (κ1) is 22.7. The van der Waals surface area contributed by atoms with Crippen molar-refractivity contribution < 1.29 is 23.1 Å². The quantitative estimate of drug-likeness (QED) is 0.426. The van der Waals surface area contributed by atoms with Crippen molar-refractivity contribution in [1.29, 1.82) is 0 Å². The predicted molar refractivity (Wildman–Crippen MR) is 119 cm³/mol. The van der Waals surface area contributed by atoms with E-state index >= 15 is 0 Å². The third-order valence-corrected chi connectivity index (χ3v) is 5.85. The van der Waals surface area contributed by atoms with Crippen LogP contribution in [0.5, 0.6) is 11.6 Å². The Kier molecular flexibility index (Phi) is 6.89. The van der Waals surface area contributed by atoms with Crippen LogP contribution in [0.1, 0.15) is 17.4 Å². The lowest BCUT2D eigenvalue weighted by atomic mass is 10.2. The first-order valence-electron chi connectivity index (χ1n) is 8.91. The molecule has 0 unspecified atom stereocenters. The van der Waals surface area contributed by atoms with E-state index in [1.165, 1.54) is 30.3 Å². The first-order chi connectivity index (χ1) is 14.7. The molecule has 0 bridgehead atoms. The Morgan fingerprint density at radius 1 is 1.13 bits per heavy atom. The number of nitrogens with one attached hydrogen (secondary N) is 2. The zero-order valence-electron chi connectivity index (χ0n) is 16.1. The summed E-state index contributed by atoms with van der Waals surface area (Å²) in [4.78, 5) is 16.5. The Morgan fingerprint density at radius 3 is 2.61 bits per heavy atom. The molecule has 0 aliphatic rings. The van der Waals surface area contributed by atoms with E-state index < -0.39 is 15.9 Å². The second-order valence-electron chi connectivity index (χ2n) is 6.16. The van der Waals surface area contributed by atoms with Gasteiger partial charge in [0.1, 0.15) is 5.75 Å². The highest BCUT2D eigenvalue weighted by molar-refractivity contribution is 7.92. The van der Waals surface area contributed by atoms with Crippen LogP contribution in [0.2, 0.25) is 10.0 Å². The van der Waals surface area contributed by atoms with Crippen LogP contribution in [-0.2, 0) is 10.0 Å². The number of anilines is 2. The van der Waals surface area contributed by atoms with Gasteiger partial charge >= 0.3 is 0 Å². The summed E-state index contributed by atoms with van der Waals surface area (Å²) >= 11 is 11.9. The number of rotatable bonds is 7. The molecule has 0 fully saturated rings. The Hall–Kier alpha value is -3.01. The van der Waals surface area contributed by atoms with Gasteiger partial charge in [0.25, 0.3) is 15.9 Å². The molecule has 0 aliphatic carbocycles. The van der Waals surface area contributed by atoms with Crippen LogP contribution in [-0.4, -0.2) is 31.0 Å². The van der Waals surface area contributed by atoms with Gasteiger partial charge in [0.15, 0.2) is 5.69 Å². The van der Waals surface area contributed by atoms with Crippen LogP contribution < -0.4 is 14.8 Å². The van der Waals surface area contributed by atoms with E-state index in [1.54, 1.807) is 19.1 Å². The lowest BCUT2D eigenvalue weighted by Crippen LogP contribution is -2.16. The van der Waals surface area contributed by atoms with Gasteiger partial charge in [-0.2, -0.15) is 0 Å². The van der Waals surface area contributed by atoms with E-state index in [9.17, 15) is 18.3 Å². The number of amides is 1. The topological polar surface area (TPSA) is 118 Å². The third-order valence-electron chi connectivity index (χ3n) is 3.93. The summed E-state index contributed by atoms with van der Waals surface area (Å²) in [5, 5.41) is 12.9. The molecule has 0 radical (unpaired) electrons. The second kappa shape index (κ2) is 9.42. The van der Waals surface area contributed by atoms with E-state index in [-0.39, 0.29) is 38.6 Å². The molecule has 0 aliphatic heterocycles. The smallest absolute Gasteiger partial charge is 0.276 e. The molecule has 3 aromatic rings. The molecule has 1 aromatic heterocycles. The molecule has 0 saturated heterocycles. The highest BCUT2D eigenvalue weighted by Crippen LogP contribution is 2.29. The number of halogens is 2. The molecule has 0 saturated carbocycles. The molecule has 3 N–H and O–H groups in total. The van der Waals surface area contributed by atoms with Gasteiger partial charge in [-0.3, -0.25) is 9.52 Å². The standard InChI is InChI=1S/C20H17Cl2N3O5S/c1-2-30-18-9-7-15(22)19(24-18)20(27)23-16-11-14(6-8-17(16)26)31(28,29)25-13-5-3-4-12(21)10-13/h3-11,25-26H,2H2,1H3,(H,23,27). The van der Waals surface area contributed by atoms with Crippen molar-refractivity contribution in [2.45, 2.75) is 11.8 Å². The molecule has 3 rings (SSSR count). The number of pyridine rings is 1. The first-order valence-corrected chi connectivity index (χ1v) is 11.2. The maximum absolute atomic E-state index is 12.7. The fourth-order valence-electron chi connectivity index (χ4n) is 2.54. The second-order valence-corrected chi connectivity index (χ2v) is 8.69. The fraction of sp³-hybridized carbons (Fsp3) is 0.100. The molecule has 8 nitrogen and oxygen atoms in total. The minimum absolute atomic E-state index is 0.0619.